The SMILES string of the molecule is Cc1cc(C)nc(NC(=O)c2cnccc2Cl)n1. The van der Waals surface area contributed by atoms with Crippen molar-refractivity contribution in [2.45, 2.75) is 13.8 Å². The minimum atomic E-state index is -0.377. The van der Waals surface area contributed by atoms with Crippen molar-refractivity contribution in [3.8, 4) is 0 Å². The van der Waals surface area contributed by atoms with Gasteiger partial charge in [0.25, 0.3) is 5.91 Å². The molecule has 2 aromatic heterocycles. The molecule has 0 saturated heterocycles. The zero-order valence-corrected chi connectivity index (χ0v) is 10.7. The van der Waals surface area contributed by atoms with E-state index in [0.29, 0.717) is 10.6 Å². The third-order valence-corrected chi connectivity index (χ3v) is 2.55. The van der Waals surface area contributed by atoms with Gasteiger partial charge in [0.2, 0.25) is 5.95 Å². The highest BCUT2D eigenvalue weighted by molar-refractivity contribution is 6.34. The van der Waals surface area contributed by atoms with Crippen LogP contribution in [0.1, 0.15) is 21.7 Å². The maximum atomic E-state index is 11.9. The lowest BCUT2D eigenvalue weighted by Gasteiger charge is -2.06. The highest BCUT2D eigenvalue weighted by atomic mass is 35.5. The average Bonchev–Trinajstić information content (AvgIpc) is 2.27. The molecular weight excluding hydrogens is 252 g/mol. The molecule has 0 spiro atoms. The predicted molar refractivity (Wildman–Crippen MR) is 68.7 cm³/mol. The van der Waals surface area contributed by atoms with Gasteiger partial charge in [-0.1, -0.05) is 11.6 Å². The van der Waals surface area contributed by atoms with Crippen molar-refractivity contribution >= 4 is 23.5 Å². The number of anilines is 1. The minimum Gasteiger partial charge on any atom is -0.290 e. The molecule has 0 radical (unpaired) electrons. The zero-order chi connectivity index (χ0) is 13.1. The first-order valence-corrected chi connectivity index (χ1v) is 5.67. The minimum absolute atomic E-state index is 0.261. The third-order valence-electron chi connectivity index (χ3n) is 2.22. The smallest absolute Gasteiger partial charge is 0.261 e. The molecule has 1 amide bonds. The Bertz CT molecular complexity index is 580. The van der Waals surface area contributed by atoms with E-state index in [-0.39, 0.29) is 11.9 Å². The van der Waals surface area contributed by atoms with Gasteiger partial charge in [0.15, 0.2) is 0 Å². The summed E-state index contributed by atoms with van der Waals surface area (Å²) in [6, 6.07) is 3.38. The monoisotopic (exact) mass is 262 g/mol. The lowest BCUT2D eigenvalue weighted by atomic mass is 10.2. The van der Waals surface area contributed by atoms with Gasteiger partial charge in [0, 0.05) is 23.8 Å². The molecule has 0 atom stereocenters. The lowest BCUT2D eigenvalue weighted by molar-refractivity contribution is 0.102. The number of aromatic nitrogens is 3. The van der Waals surface area contributed by atoms with Crippen molar-refractivity contribution in [1.29, 1.82) is 0 Å². The molecule has 6 heteroatoms. The molecule has 5 nitrogen and oxygen atoms in total. The molecule has 0 unspecified atom stereocenters. The number of carbonyl (C=O) groups is 1. The Hall–Kier alpha value is -2.01. The van der Waals surface area contributed by atoms with E-state index in [2.05, 4.69) is 20.3 Å². The maximum absolute atomic E-state index is 11.9. The van der Waals surface area contributed by atoms with Crippen molar-refractivity contribution in [1.82, 2.24) is 15.0 Å². The van der Waals surface area contributed by atoms with Crippen LogP contribution in [-0.2, 0) is 0 Å². The van der Waals surface area contributed by atoms with Crippen molar-refractivity contribution in [3.63, 3.8) is 0 Å². The summed E-state index contributed by atoms with van der Waals surface area (Å²) in [5.41, 5.74) is 1.87. The van der Waals surface area contributed by atoms with Gasteiger partial charge in [-0.2, -0.15) is 0 Å². The van der Waals surface area contributed by atoms with Crippen LogP contribution in [0.5, 0.6) is 0 Å². The van der Waals surface area contributed by atoms with Crippen LogP contribution in [0.3, 0.4) is 0 Å². The molecule has 0 aliphatic rings. The molecule has 2 aromatic rings. The second kappa shape index (κ2) is 5.10. The molecule has 0 bridgehead atoms. The molecule has 2 rings (SSSR count). The van der Waals surface area contributed by atoms with Crippen LogP contribution in [0.4, 0.5) is 5.95 Å². The Morgan fingerprint density at radius 2 is 1.94 bits per heavy atom. The highest BCUT2D eigenvalue weighted by Gasteiger charge is 2.12. The molecule has 92 valence electrons. The molecule has 18 heavy (non-hydrogen) atoms. The second-order valence-electron chi connectivity index (χ2n) is 3.78. The second-order valence-corrected chi connectivity index (χ2v) is 4.19. The molecule has 1 N–H and O–H groups in total. The van der Waals surface area contributed by atoms with Crippen LogP contribution >= 0.6 is 11.6 Å². The Labute approximate surface area is 109 Å². The van der Waals surface area contributed by atoms with Gasteiger partial charge < -0.3 is 0 Å². The Kier molecular flexibility index (Phi) is 3.53. The first-order chi connectivity index (χ1) is 8.56. The summed E-state index contributed by atoms with van der Waals surface area (Å²) < 4.78 is 0. The molecule has 0 aliphatic heterocycles. The number of hydrogen-bond donors (Lipinski definition) is 1. The van der Waals surface area contributed by atoms with Crippen molar-refractivity contribution < 1.29 is 4.79 Å². The molecule has 0 fully saturated rings. The van der Waals surface area contributed by atoms with Crippen molar-refractivity contribution in [3.05, 3.63) is 46.5 Å². The summed E-state index contributed by atoms with van der Waals surface area (Å²) in [6.45, 7) is 3.67. The van der Waals surface area contributed by atoms with E-state index in [0.717, 1.165) is 11.4 Å². The molecule has 0 aliphatic carbocycles. The molecule has 0 aromatic carbocycles. The van der Waals surface area contributed by atoms with Gasteiger partial charge in [0.05, 0.1) is 10.6 Å². The van der Waals surface area contributed by atoms with E-state index in [4.69, 9.17) is 11.6 Å². The summed E-state index contributed by atoms with van der Waals surface area (Å²) in [5, 5.41) is 2.93. The van der Waals surface area contributed by atoms with Gasteiger partial charge in [-0.05, 0) is 26.0 Å². The first-order valence-electron chi connectivity index (χ1n) is 5.29. The van der Waals surface area contributed by atoms with Gasteiger partial charge >= 0.3 is 0 Å². The number of nitrogens with one attached hydrogen (secondary N) is 1. The number of nitrogens with zero attached hydrogens (tertiary/aromatic N) is 3. The van der Waals surface area contributed by atoms with Crippen LogP contribution in [0.15, 0.2) is 24.5 Å². The van der Waals surface area contributed by atoms with Crippen molar-refractivity contribution in [2.75, 3.05) is 5.32 Å². The quantitative estimate of drug-likeness (QED) is 0.902. The fourth-order valence-electron chi connectivity index (χ4n) is 1.50. The third kappa shape index (κ3) is 2.81. The van der Waals surface area contributed by atoms with Crippen LogP contribution in [0.2, 0.25) is 5.02 Å². The largest absolute Gasteiger partial charge is 0.290 e. The number of carbonyl (C=O) groups excluding carboxylic acids is 1. The summed E-state index contributed by atoms with van der Waals surface area (Å²) in [4.78, 5) is 24.0. The van der Waals surface area contributed by atoms with E-state index < -0.39 is 0 Å². The van der Waals surface area contributed by atoms with Crippen LogP contribution in [0.25, 0.3) is 0 Å². The van der Waals surface area contributed by atoms with Gasteiger partial charge in [-0.15, -0.1) is 0 Å². The summed E-state index contributed by atoms with van der Waals surface area (Å²) in [6.07, 6.45) is 2.92. The van der Waals surface area contributed by atoms with Crippen LogP contribution in [0, 0.1) is 13.8 Å². The Morgan fingerprint density at radius 1 is 1.28 bits per heavy atom. The van der Waals surface area contributed by atoms with Crippen LogP contribution < -0.4 is 5.32 Å². The number of halogens is 1. The van der Waals surface area contributed by atoms with Gasteiger partial charge in [-0.25, -0.2) is 9.97 Å². The number of amides is 1. The number of hydrogen-bond acceptors (Lipinski definition) is 4. The van der Waals surface area contributed by atoms with E-state index >= 15 is 0 Å². The molecular formula is C12H11ClN4O. The fraction of sp³-hybridized carbons (Fsp3) is 0.167. The average molecular weight is 263 g/mol. The van der Waals surface area contributed by atoms with Gasteiger partial charge in [0.1, 0.15) is 0 Å². The van der Waals surface area contributed by atoms with E-state index in [9.17, 15) is 4.79 Å². The number of pyridine rings is 1. The standard InChI is InChI=1S/C12H11ClN4O/c1-7-5-8(2)16-12(15-7)17-11(18)9-6-14-4-3-10(9)13/h3-6H,1-2H3,(H,15,16,17,18). The number of rotatable bonds is 2. The lowest BCUT2D eigenvalue weighted by Crippen LogP contribution is -2.15. The summed E-state index contributed by atoms with van der Waals surface area (Å²) in [5.74, 6) is -0.115. The van der Waals surface area contributed by atoms with E-state index in [1.165, 1.54) is 12.4 Å². The zero-order valence-electron chi connectivity index (χ0n) is 9.94. The molecule has 2 heterocycles. The van der Waals surface area contributed by atoms with Crippen LogP contribution in [-0.4, -0.2) is 20.9 Å². The fourth-order valence-corrected chi connectivity index (χ4v) is 1.69. The predicted octanol–water partition coefficient (Wildman–Crippen LogP) is 2.39. The Morgan fingerprint density at radius 3 is 2.56 bits per heavy atom. The summed E-state index contributed by atoms with van der Waals surface area (Å²) in [7, 11) is 0. The normalized spacial score (nSPS) is 10.2. The highest BCUT2D eigenvalue weighted by Crippen LogP contribution is 2.15. The summed E-state index contributed by atoms with van der Waals surface area (Å²) >= 11 is 5.91. The van der Waals surface area contributed by atoms with E-state index in [1.54, 1.807) is 6.07 Å². The first kappa shape index (κ1) is 12.4. The Balaban J connectivity index is 2.24. The number of aryl methyl sites for hydroxylation is 2. The maximum Gasteiger partial charge on any atom is 0.261 e. The van der Waals surface area contributed by atoms with Gasteiger partial charge in [-0.3, -0.25) is 15.1 Å². The van der Waals surface area contributed by atoms with Crippen molar-refractivity contribution in [2.24, 2.45) is 0 Å². The topological polar surface area (TPSA) is 67.8 Å². The van der Waals surface area contributed by atoms with E-state index in [1.807, 2.05) is 19.9 Å². The molecule has 0 saturated carbocycles.